The maximum absolute atomic E-state index is 12.1. The van der Waals surface area contributed by atoms with E-state index in [1.807, 2.05) is 48.5 Å². The van der Waals surface area contributed by atoms with Crippen molar-refractivity contribution in [2.75, 3.05) is 10.6 Å². The smallest absolute Gasteiger partial charge is 0.225 e. The first-order chi connectivity index (χ1) is 12.1. The van der Waals surface area contributed by atoms with Gasteiger partial charge >= 0.3 is 0 Å². The molecule has 0 fully saturated rings. The molecule has 1 heterocycles. The SMILES string of the molecule is CCC(=O)Nc1nc2cc(NC(=O)CCc3ccccc3)ccc2s1. The Hall–Kier alpha value is -2.73. The van der Waals surface area contributed by atoms with Gasteiger partial charge in [0, 0.05) is 18.5 Å². The highest BCUT2D eigenvalue weighted by Gasteiger charge is 2.09. The number of hydrogen-bond acceptors (Lipinski definition) is 4. The van der Waals surface area contributed by atoms with Crippen molar-refractivity contribution in [2.45, 2.75) is 26.2 Å². The van der Waals surface area contributed by atoms with E-state index in [2.05, 4.69) is 15.6 Å². The molecule has 0 radical (unpaired) electrons. The maximum Gasteiger partial charge on any atom is 0.225 e. The molecule has 0 saturated heterocycles. The first-order valence-electron chi connectivity index (χ1n) is 8.18. The van der Waals surface area contributed by atoms with E-state index in [-0.39, 0.29) is 11.8 Å². The van der Waals surface area contributed by atoms with Crippen LogP contribution in [0.3, 0.4) is 0 Å². The standard InChI is InChI=1S/C19H19N3O2S/c1-2-17(23)22-19-21-15-12-14(9-10-16(15)25-19)20-18(24)11-8-13-6-4-3-5-7-13/h3-7,9-10,12H,2,8,11H2,1H3,(H,20,24)(H,21,22,23). The summed E-state index contributed by atoms with van der Waals surface area (Å²) in [6, 6.07) is 15.5. The molecule has 6 heteroatoms. The Balaban J connectivity index is 1.63. The molecule has 0 saturated carbocycles. The predicted molar refractivity (Wildman–Crippen MR) is 102 cm³/mol. The molecule has 0 aliphatic heterocycles. The summed E-state index contributed by atoms with van der Waals surface area (Å²) in [5.41, 5.74) is 2.62. The summed E-state index contributed by atoms with van der Waals surface area (Å²) in [4.78, 5) is 28.0. The fraction of sp³-hybridized carbons (Fsp3) is 0.211. The number of carbonyl (C=O) groups is 2. The summed E-state index contributed by atoms with van der Waals surface area (Å²) in [5, 5.41) is 6.24. The first kappa shape index (κ1) is 17.1. The Bertz CT molecular complexity index is 890. The molecule has 2 aromatic carbocycles. The summed E-state index contributed by atoms with van der Waals surface area (Å²) in [7, 11) is 0. The van der Waals surface area contributed by atoms with E-state index in [1.165, 1.54) is 11.3 Å². The molecular weight excluding hydrogens is 334 g/mol. The summed E-state index contributed by atoms with van der Waals surface area (Å²) in [5.74, 6) is -0.0913. The van der Waals surface area contributed by atoms with E-state index in [1.54, 1.807) is 6.92 Å². The van der Waals surface area contributed by atoms with Gasteiger partial charge in [-0.25, -0.2) is 4.98 Å². The van der Waals surface area contributed by atoms with Gasteiger partial charge in [0.2, 0.25) is 11.8 Å². The Morgan fingerprint density at radius 3 is 2.60 bits per heavy atom. The van der Waals surface area contributed by atoms with Crippen molar-refractivity contribution in [1.29, 1.82) is 0 Å². The lowest BCUT2D eigenvalue weighted by atomic mass is 10.1. The minimum Gasteiger partial charge on any atom is -0.326 e. The number of amides is 2. The van der Waals surface area contributed by atoms with Crippen LogP contribution in [0.5, 0.6) is 0 Å². The fourth-order valence-electron chi connectivity index (χ4n) is 2.39. The molecule has 128 valence electrons. The third-order valence-corrected chi connectivity index (χ3v) is 4.67. The van der Waals surface area contributed by atoms with Crippen LogP contribution in [0.15, 0.2) is 48.5 Å². The third kappa shape index (κ3) is 4.64. The first-order valence-corrected chi connectivity index (χ1v) is 9.00. The Morgan fingerprint density at radius 2 is 1.84 bits per heavy atom. The summed E-state index contributed by atoms with van der Waals surface area (Å²) >= 11 is 1.42. The van der Waals surface area contributed by atoms with Gasteiger partial charge in [-0.15, -0.1) is 0 Å². The van der Waals surface area contributed by atoms with Crippen LogP contribution < -0.4 is 10.6 Å². The van der Waals surface area contributed by atoms with E-state index < -0.39 is 0 Å². The van der Waals surface area contributed by atoms with Crippen molar-refractivity contribution in [2.24, 2.45) is 0 Å². The van der Waals surface area contributed by atoms with Crippen LogP contribution >= 0.6 is 11.3 Å². The van der Waals surface area contributed by atoms with Crippen LogP contribution in [0.25, 0.3) is 10.2 Å². The Kier molecular flexibility index (Phi) is 5.40. The summed E-state index contributed by atoms with van der Waals surface area (Å²) in [6.07, 6.45) is 1.55. The Labute approximate surface area is 150 Å². The lowest BCUT2D eigenvalue weighted by Crippen LogP contribution is -2.12. The van der Waals surface area contributed by atoms with E-state index in [9.17, 15) is 9.59 Å². The highest BCUT2D eigenvalue weighted by Crippen LogP contribution is 2.28. The van der Waals surface area contributed by atoms with Crippen molar-refractivity contribution < 1.29 is 9.59 Å². The number of thiazole rings is 1. The topological polar surface area (TPSA) is 71.1 Å². The fourth-order valence-corrected chi connectivity index (χ4v) is 3.25. The molecular formula is C19H19N3O2S. The second-order valence-corrected chi connectivity index (χ2v) is 6.67. The van der Waals surface area contributed by atoms with Gasteiger partial charge in [0.15, 0.2) is 5.13 Å². The van der Waals surface area contributed by atoms with Crippen molar-refractivity contribution in [3.8, 4) is 0 Å². The number of anilines is 2. The molecule has 0 bridgehead atoms. The lowest BCUT2D eigenvalue weighted by molar-refractivity contribution is -0.116. The largest absolute Gasteiger partial charge is 0.326 e. The van der Waals surface area contributed by atoms with Gasteiger partial charge in [-0.3, -0.25) is 9.59 Å². The molecule has 3 rings (SSSR count). The van der Waals surface area contributed by atoms with Crippen LogP contribution in [0.4, 0.5) is 10.8 Å². The number of aryl methyl sites for hydroxylation is 1. The van der Waals surface area contributed by atoms with Crippen LogP contribution in [0, 0.1) is 0 Å². The molecule has 0 atom stereocenters. The highest BCUT2D eigenvalue weighted by molar-refractivity contribution is 7.22. The average Bonchev–Trinajstić information content (AvgIpc) is 3.02. The normalized spacial score (nSPS) is 10.6. The van der Waals surface area contributed by atoms with Crippen molar-refractivity contribution >= 4 is 44.2 Å². The molecule has 0 aliphatic carbocycles. The molecule has 1 aromatic heterocycles. The number of aromatic nitrogens is 1. The van der Waals surface area contributed by atoms with Gasteiger partial charge in [-0.2, -0.15) is 0 Å². The zero-order valence-electron chi connectivity index (χ0n) is 13.9. The summed E-state index contributed by atoms with van der Waals surface area (Å²) in [6.45, 7) is 1.80. The minimum absolute atomic E-state index is 0.0297. The van der Waals surface area contributed by atoms with Crippen LogP contribution in [-0.2, 0) is 16.0 Å². The third-order valence-electron chi connectivity index (χ3n) is 3.72. The van der Waals surface area contributed by atoms with E-state index in [0.29, 0.717) is 30.1 Å². The van der Waals surface area contributed by atoms with Gasteiger partial charge in [0.25, 0.3) is 0 Å². The Morgan fingerprint density at radius 1 is 1.04 bits per heavy atom. The van der Waals surface area contributed by atoms with Gasteiger partial charge in [0.05, 0.1) is 10.2 Å². The van der Waals surface area contributed by atoms with Crippen molar-refractivity contribution in [3.63, 3.8) is 0 Å². The number of nitrogens with zero attached hydrogens (tertiary/aromatic N) is 1. The van der Waals surface area contributed by atoms with Gasteiger partial charge in [0.1, 0.15) is 0 Å². The molecule has 2 amide bonds. The second kappa shape index (κ2) is 7.90. The van der Waals surface area contributed by atoms with Crippen molar-refractivity contribution in [1.82, 2.24) is 4.98 Å². The molecule has 25 heavy (non-hydrogen) atoms. The maximum atomic E-state index is 12.1. The average molecular weight is 353 g/mol. The van der Waals surface area contributed by atoms with Crippen LogP contribution in [0.1, 0.15) is 25.3 Å². The molecule has 0 aliphatic rings. The van der Waals surface area contributed by atoms with E-state index in [0.717, 1.165) is 15.8 Å². The van der Waals surface area contributed by atoms with Gasteiger partial charge < -0.3 is 10.6 Å². The summed E-state index contributed by atoms with van der Waals surface area (Å²) < 4.78 is 0.966. The minimum atomic E-state index is -0.0616. The van der Waals surface area contributed by atoms with E-state index in [4.69, 9.17) is 0 Å². The van der Waals surface area contributed by atoms with Crippen LogP contribution in [0.2, 0.25) is 0 Å². The molecule has 5 nitrogen and oxygen atoms in total. The predicted octanol–water partition coefficient (Wildman–Crippen LogP) is 4.22. The second-order valence-electron chi connectivity index (χ2n) is 5.64. The quantitative estimate of drug-likeness (QED) is 0.697. The zero-order chi connectivity index (χ0) is 17.6. The zero-order valence-corrected chi connectivity index (χ0v) is 14.7. The molecule has 2 N–H and O–H groups in total. The molecule has 0 unspecified atom stereocenters. The highest BCUT2D eigenvalue weighted by atomic mass is 32.1. The van der Waals surface area contributed by atoms with Crippen molar-refractivity contribution in [3.05, 3.63) is 54.1 Å². The molecule has 0 spiro atoms. The lowest BCUT2D eigenvalue weighted by Gasteiger charge is -2.05. The number of nitrogens with one attached hydrogen (secondary N) is 2. The number of rotatable bonds is 6. The van der Waals surface area contributed by atoms with Crippen LogP contribution in [-0.4, -0.2) is 16.8 Å². The number of hydrogen-bond donors (Lipinski definition) is 2. The monoisotopic (exact) mass is 353 g/mol. The van der Waals surface area contributed by atoms with Gasteiger partial charge in [-0.1, -0.05) is 48.6 Å². The van der Waals surface area contributed by atoms with Gasteiger partial charge in [-0.05, 0) is 30.2 Å². The number of fused-ring (bicyclic) bond motifs is 1. The number of benzene rings is 2. The molecule has 3 aromatic rings. The number of carbonyl (C=O) groups excluding carboxylic acids is 2. The van der Waals surface area contributed by atoms with E-state index >= 15 is 0 Å².